The van der Waals surface area contributed by atoms with Crippen molar-refractivity contribution in [3.8, 4) is 11.3 Å². The number of carbonyl (C=O) groups is 1. The first-order chi connectivity index (χ1) is 10.1. The van der Waals surface area contributed by atoms with Crippen molar-refractivity contribution in [3.63, 3.8) is 0 Å². The highest BCUT2D eigenvalue weighted by atomic mass is 16.5. The van der Waals surface area contributed by atoms with Gasteiger partial charge in [0.2, 0.25) is 0 Å². The predicted octanol–water partition coefficient (Wildman–Crippen LogP) is 2.34. The fraction of sp³-hybridized carbons (Fsp3) is 0.312. The van der Waals surface area contributed by atoms with Crippen LogP contribution in [0.2, 0.25) is 0 Å². The number of methoxy groups -OCH3 is 1. The van der Waals surface area contributed by atoms with E-state index in [1.54, 1.807) is 6.07 Å². The molecule has 0 radical (unpaired) electrons. The molecule has 0 aliphatic heterocycles. The summed E-state index contributed by atoms with van der Waals surface area (Å²) in [4.78, 5) is 23.7. The molecule has 0 unspecified atom stereocenters. The van der Waals surface area contributed by atoms with E-state index in [9.17, 15) is 9.59 Å². The molecule has 1 heterocycles. The summed E-state index contributed by atoms with van der Waals surface area (Å²) >= 11 is 0. The molecular formula is C16H18N2O3. The number of hydrogen-bond acceptors (Lipinski definition) is 4. The molecule has 0 aliphatic rings. The van der Waals surface area contributed by atoms with E-state index < -0.39 is 12.0 Å². The van der Waals surface area contributed by atoms with Crippen LogP contribution < -0.4 is 5.56 Å². The van der Waals surface area contributed by atoms with Gasteiger partial charge >= 0.3 is 5.97 Å². The summed E-state index contributed by atoms with van der Waals surface area (Å²) in [5.74, 6) is -0.465. The standard InChI is InChI=1S/C16H18N2O3/c1-4-14(16(20)21-3)18-15(19)10-9-13(17-18)12-7-5-11(2)6-8-12/h5-10,14H,4H2,1-3H3/t14-/m0/s1. The van der Waals surface area contributed by atoms with E-state index in [1.165, 1.54) is 17.9 Å². The Morgan fingerprint density at radius 2 is 1.90 bits per heavy atom. The van der Waals surface area contributed by atoms with Crippen LogP contribution in [0.4, 0.5) is 0 Å². The maximum atomic E-state index is 12.0. The highest BCUT2D eigenvalue weighted by molar-refractivity contribution is 5.74. The molecule has 0 fully saturated rings. The van der Waals surface area contributed by atoms with E-state index in [2.05, 4.69) is 5.10 Å². The molecule has 110 valence electrons. The summed E-state index contributed by atoms with van der Waals surface area (Å²) in [6.45, 7) is 3.82. The summed E-state index contributed by atoms with van der Waals surface area (Å²) < 4.78 is 5.93. The average Bonchev–Trinajstić information content (AvgIpc) is 2.50. The van der Waals surface area contributed by atoms with Crippen LogP contribution in [0.1, 0.15) is 24.9 Å². The van der Waals surface area contributed by atoms with Crippen molar-refractivity contribution in [2.45, 2.75) is 26.3 Å². The maximum Gasteiger partial charge on any atom is 0.330 e. The summed E-state index contributed by atoms with van der Waals surface area (Å²) in [6, 6.07) is 10.2. The summed E-state index contributed by atoms with van der Waals surface area (Å²) in [6.07, 6.45) is 0.441. The van der Waals surface area contributed by atoms with Crippen molar-refractivity contribution >= 4 is 5.97 Å². The van der Waals surface area contributed by atoms with Gasteiger partial charge in [-0.15, -0.1) is 0 Å². The quantitative estimate of drug-likeness (QED) is 0.809. The molecule has 1 aromatic heterocycles. The molecule has 0 N–H and O–H groups in total. The first-order valence-electron chi connectivity index (χ1n) is 6.81. The van der Waals surface area contributed by atoms with Gasteiger partial charge in [-0.3, -0.25) is 4.79 Å². The lowest BCUT2D eigenvalue weighted by Crippen LogP contribution is -2.32. The third-order valence-electron chi connectivity index (χ3n) is 3.33. The van der Waals surface area contributed by atoms with E-state index in [0.29, 0.717) is 12.1 Å². The Labute approximate surface area is 123 Å². The van der Waals surface area contributed by atoms with E-state index in [0.717, 1.165) is 11.1 Å². The molecule has 2 rings (SSSR count). The molecule has 5 heteroatoms. The van der Waals surface area contributed by atoms with Gasteiger partial charge in [0.15, 0.2) is 6.04 Å². The Morgan fingerprint density at radius 1 is 1.24 bits per heavy atom. The SMILES string of the molecule is CC[C@@H](C(=O)OC)n1nc(-c2ccc(C)cc2)ccc1=O. The molecule has 0 saturated carbocycles. The van der Waals surface area contributed by atoms with Crippen LogP contribution in [-0.4, -0.2) is 22.9 Å². The molecule has 0 aliphatic carbocycles. The molecule has 21 heavy (non-hydrogen) atoms. The zero-order valence-electron chi connectivity index (χ0n) is 12.4. The Balaban J connectivity index is 2.48. The van der Waals surface area contributed by atoms with Crippen LogP contribution >= 0.6 is 0 Å². The number of benzene rings is 1. The smallest absolute Gasteiger partial charge is 0.330 e. The van der Waals surface area contributed by atoms with Crippen molar-refractivity contribution in [2.24, 2.45) is 0 Å². The third kappa shape index (κ3) is 3.18. The van der Waals surface area contributed by atoms with E-state index in [-0.39, 0.29) is 5.56 Å². The van der Waals surface area contributed by atoms with Crippen molar-refractivity contribution in [2.75, 3.05) is 7.11 Å². The summed E-state index contributed by atoms with van der Waals surface area (Å²) in [5.41, 5.74) is 2.38. The van der Waals surface area contributed by atoms with Crippen LogP contribution in [0.3, 0.4) is 0 Å². The largest absolute Gasteiger partial charge is 0.467 e. The van der Waals surface area contributed by atoms with Gasteiger partial charge in [-0.05, 0) is 19.4 Å². The first-order valence-corrected chi connectivity index (χ1v) is 6.81. The number of rotatable bonds is 4. The maximum absolute atomic E-state index is 12.0. The lowest BCUT2D eigenvalue weighted by molar-refractivity contribution is -0.145. The Kier molecular flexibility index (Phi) is 4.52. The van der Waals surface area contributed by atoms with Crippen LogP contribution in [0.15, 0.2) is 41.2 Å². The molecule has 1 atom stereocenters. The Hall–Kier alpha value is -2.43. The number of carbonyl (C=O) groups excluding carboxylic acids is 1. The first kappa shape index (κ1) is 15.0. The molecular weight excluding hydrogens is 268 g/mol. The van der Waals surface area contributed by atoms with Gasteiger partial charge in [-0.25, -0.2) is 9.48 Å². The summed E-state index contributed by atoms with van der Waals surface area (Å²) in [7, 11) is 1.31. The number of ether oxygens (including phenoxy) is 1. The van der Waals surface area contributed by atoms with E-state index in [4.69, 9.17) is 4.74 Å². The van der Waals surface area contributed by atoms with Gasteiger partial charge in [-0.1, -0.05) is 36.8 Å². The van der Waals surface area contributed by atoms with Gasteiger partial charge in [-0.2, -0.15) is 5.10 Å². The van der Waals surface area contributed by atoms with Gasteiger partial charge < -0.3 is 4.74 Å². The third-order valence-corrected chi connectivity index (χ3v) is 3.33. The molecule has 0 spiro atoms. The molecule has 1 aromatic carbocycles. The van der Waals surface area contributed by atoms with E-state index >= 15 is 0 Å². The zero-order chi connectivity index (χ0) is 15.4. The predicted molar refractivity (Wildman–Crippen MR) is 80.0 cm³/mol. The van der Waals surface area contributed by atoms with Crippen molar-refractivity contribution in [3.05, 3.63) is 52.3 Å². The van der Waals surface area contributed by atoms with Crippen LogP contribution in [-0.2, 0) is 9.53 Å². The van der Waals surface area contributed by atoms with Crippen LogP contribution in [0.25, 0.3) is 11.3 Å². The highest BCUT2D eigenvalue weighted by Crippen LogP contribution is 2.17. The summed E-state index contributed by atoms with van der Waals surface area (Å²) in [5, 5.41) is 4.32. The Morgan fingerprint density at radius 3 is 2.48 bits per heavy atom. The minimum atomic E-state index is -0.701. The monoisotopic (exact) mass is 286 g/mol. The fourth-order valence-electron chi connectivity index (χ4n) is 2.10. The molecule has 0 amide bonds. The second-order valence-electron chi connectivity index (χ2n) is 4.81. The number of hydrogen-bond donors (Lipinski definition) is 0. The highest BCUT2D eigenvalue weighted by Gasteiger charge is 2.21. The number of aromatic nitrogens is 2. The van der Waals surface area contributed by atoms with Gasteiger partial charge in [0.1, 0.15) is 0 Å². The van der Waals surface area contributed by atoms with Crippen LogP contribution in [0.5, 0.6) is 0 Å². The van der Waals surface area contributed by atoms with Gasteiger partial charge in [0.25, 0.3) is 5.56 Å². The van der Waals surface area contributed by atoms with Crippen molar-refractivity contribution in [1.82, 2.24) is 9.78 Å². The number of aryl methyl sites for hydroxylation is 1. The fourth-order valence-corrected chi connectivity index (χ4v) is 2.10. The molecule has 0 saturated heterocycles. The number of esters is 1. The second kappa shape index (κ2) is 6.35. The van der Waals surface area contributed by atoms with Crippen molar-refractivity contribution in [1.29, 1.82) is 0 Å². The molecule has 5 nitrogen and oxygen atoms in total. The number of nitrogens with zero attached hydrogens (tertiary/aromatic N) is 2. The average molecular weight is 286 g/mol. The van der Waals surface area contributed by atoms with Gasteiger partial charge in [0.05, 0.1) is 12.8 Å². The minimum Gasteiger partial charge on any atom is -0.467 e. The lowest BCUT2D eigenvalue weighted by atomic mass is 10.1. The van der Waals surface area contributed by atoms with Crippen molar-refractivity contribution < 1.29 is 9.53 Å². The second-order valence-corrected chi connectivity index (χ2v) is 4.81. The zero-order valence-corrected chi connectivity index (χ0v) is 12.4. The normalized spacial score (nSPS) is 12.0. The lowest BCUT2D eigenvalue weighted by Gasteiger charge is -2.15. The minimum absolute atomic E-state index is 0.317. The molecule has 2 aromatic rings. The van der Waals surface area contributed by atoms with Gasteiger partial charge in [0, 0.05) is 11.6 Å². The van der Waals surface area contributed by atoms with Crippen LogP contribution in [0, 0.1) is 6.92 Å². The molecule has 0 bridgehead atoms. The Bertz CT molecular complexity index is 689. The van der Waals surface area contributed by atoms with E-state index in [1.807, 2.05) is 38.1 Å². The topological polar surface area (TPSA) is 61.2 Å².